The van der Waals surface area contributed by atoms with Crippen LogP contribution in [0.3, 0.4) is 0 Å². The van der Waals surface area contributed by atoms with Crippen LogP contribution in [0.25, 0.3) is 0 Å². The van der Waals surface area contributed by atoms with E-state index in [1.165, 1.54) is 6.07 Å². The van der Waals surface area contributed by atoms with Gasteiger partial charge < -0.3 is 20.1 Å². The molecule has 10 heteroatoms. The average molecular weight is 375 g/mol. The van der Waals surface area contributed by atoms with Crippen molar-refractivity contribution in [3.8, 4) is 0 Å². The Labute approximate surface area is 148 Å². The maximum atomic E-state index is 12.6. The third kappa shape index (κ3) is 4.84. The van der Waals surface area contributed by atoms with E-state index in [9.17, 15) is 22.8 Å². The van der Waals surface area contributed by atoms with Crippen molar-refractivity contribution < 1.29 is 32.6 Å². The monoisotopic (exact) mass is 375 g/mol. The maximum Gasteiger partial charge on any atom is 0.417 e. The number of rotatable bonds is 5. The van der Waals surface area contributed by atoms with Crippen molar-refractivity contribution in [3.05, 3.63) is 23.9 Å². The lowest BCUT2D eigenvalue weighted by molar-refractivity contribution is -0.146. The summed E-state index contributed by atoms with van der Waals surface area (Å²) >= 11 is 0. The van der Waals surface area contributed by atoms with Crippen molar-refractivity contribution in [2.45, 2.75) is 25.1 Å². The molecule has 144 valence electrons. The summed E-state index contributed by atoms with van der Waals surface area (Å²) in [5, 5.41) is 11.6. The molecule has 1 aliphatic heterocycles. The number of nitrogens with one attached hydrogen (secondary N) is 1. The second-order valence-electron chi connectivity index (χ2n) is 5.93. The van der Waals surface area contributed by atoms with Crippen molar-refractivity contribution in [1.29, 1.82) is 0 Å². The smallest absolute Gasteiger partial charge is 0.417 e. The lowest BCUT2D eigenvalue weighted by atomic mass is 9.95. The van der Waals surface area contributed by atoms with Crippen LogP contribution in [0.5, 0.6) is 0 Å². The van der Waals surface area contributed by atoms with Crippen LogP contribution >= 0.6 is 0 Å². The number of aliphatic hydroxyl groups excluding tert-OH is 1. The van der Waals surface area contributed by atoms with Gasteiger partial charge in [-0.15, -0.1) is 0 Å². The molecule has 1 aromatic rings. The molecule has 0 unspecified atom stereocenters. The summed E-state index contributed by atoms with van der Waals surface area (Å²) in [5.74, 6) is -1.04. The fourth-order valence-electron chi connectivity index (χ4n) is 2.72. The van der Waals surface area contributed by atoms with Gasteiger partial charge in [0.1, 0.15) is 5.82 Å². The summed E-state index contributed by atoms with van der Waals surface area (Å²) < 4.78 is 42.2. The molecule has 26 heavy (non-hydrogen) atoms. The van der Waals surface area contributed by atoms with Gasteiger partial charge in [0.2, 0.25) is 5.91 Å². The van der Waals surface area contributed by atoms with Crippen molar-refractivity contribution in [3.63, 3.8) is 0 Å². The van der Waals surface area contributed by atoms with Gasteiger partial charge >= 0.3 is 12.1 Å². The van der Waals surface area contributed by atoms with Crippen molar-refractivity contribution in [2.75, 3.05) is 31.7 Å². The number of anilines is 1. The minimum absolute atomic E-state index is 0.362. The number of hydrogen-bond donors (Lipinski definition) is 2. The molecular weight excluding hydrogens is 355 g/mol. The molecule has 2 rings (SSSR count). The molecule has 1 amide bonds. The van der Waals surface area contributed by atoms with Crippen molar-refractivity contribution >= 4 is 17.7 Å². The lowest BCUT2D eigenvalue weighted by Crippen LogP contribution is -2.48. The topological polar surface area (TPSA) is 91.8 Å². The number of alkyl halides is 3. The zero-order valence-electron chi connectivity index (χ0n) is 14.1. The second kappa shape index (κ2) is 8.35. The molecule has 1 saturated heterocycles. The number of methoxy groups -OCH3 is 1. The van der Waals surface area contributed by atoms with Gasteiger partial charge in [-0.1, -0.05) is 0 Å². The lowest BCUT2D eigenvalue weighted by Gasteiger charge is -2.32. The zero-order valence-corrected chi connectivity index (χ0v) is 14.1. The van der Waals surface area contributed by atoms with E-state index in [0.717, 1.165) is 19.4 Å². The van der Waals surface area contributed by atoms with Gasteiger partial charge in [0.25, 0.3) is 0 Å². The predicted molar refractivity (Wildman–Crippen MR) is 85.2 cm³/mol. The van der Waals surface area contributed by atoms with Gasteiger partial charge in [-0.05, 0) is 25.0 Å². The summed E-state index contributed by atoms with van der Waals surface area (Å²) in [6, 6.07) is 1.17. The number of hydrogen-bond acceptors (Lipinski definition) is 6. The van der Waals surface area contributed by atoms with E-state index in [0.29, 0.717) is 31.7 Å². The van der Waals surface area contributed by atoms with Gasteiger partial charge in [0, 0.05) is 25.2 Å². The molecule has 1 aromatic heterocycles. The van der Waals surface area contributed by atoms with E-state index in [-0.39, 0.29) is 11.8 Å². The van der Waals surface area contributed by atoms with Crippen LogP contribution in [0.15, 0.2) is 18.3 Å². The number of amides is 1. The van der Waals surface area contributed by atoms with E-state index in [2.05, 4.69) is 15.0 Å². The molecule has 1 atom stereocenters. The Morgan fingerprint density at radius 3 is 2.50 bits per heavy atom. The Morgan fingerprint density at radius 2 is 2.04 bits per heavy atom. The Morgan fingerprint density at radius 1 is 1.38 bits per heavy atom. The highest BCUT2D eigenvalue weighted by Gasteiger charge is 2.32. The minimum Gasteiger partial charge on any atom is -0.467 e. The first kappa shape index (κ1) is 20.0. The highest BCUT2D eigenvalue weighted by Crippen LogP contribution is 2.30. The third-order valence-electron chi connectivity index (χ3n) is 4.25. The van der Waals surface area contributed by atoms with E-state index < -0.39 is 30.4 Å². The molecule has 1 aliphatic rings. The second-order valence-corrected chi connectivity index (χ2v) is 5.93. The summed E-state index contributed by atoms with van der Waals surface area (Å²) in [6.07, 6.45) is -2.74. The molecule has 2 heterocycles. The first-order valence-electron chi connectivity index (χ1n) is 8.03. The highest BCUT2D eigenvalue weighted by atomic mass is 19.4. The normalized spacial score (nSPS) is 16.9. The molecule has 0 aliphatic carbocycles. The Bertz CT molecular complexity index is 629. The summed E-state index contributed by atoms with van der Waals surface area (Å²) in [4.78, 5) is 29.2. The van der Waals surface area contributed by atoms with Gasteiger partial charge in [0.15, 0.2) is 6.04 Å². The van der Waals surface area contributed by atoms with Gasteiger partial charge in [-0.2, -0.15) is 13.2 Å². The fraction of sp³-hybridized carbons (Fsp3) is 0.562. The van der Waals surface area contributed by atoms with Gasteiger partial charge in [0.05, 0.1) is 19.3 Å². The molecular formula is C16H20F3N3O4. The fourth-order valence-corrected chi connectivity index (χ4v) is 2.72. The van der Waals surface area contributed by atoms with Gasteiger partial charge in [-0.25, -0.2) is 9.78 Å². The van der Waals surface area contributed by atoms with Crippen LogP contribution in [0.4, 0.5) is 19.0 Å². The number of halogens is 3. The Balaban J connectivity index is 1.90. The molecule has 0 bridgehead atoms. The number of carbonyl (C=O) groups is 2. The van der Waals surface area contributed by atoms with Crippen LogP contribution in [-0.2, 0) is 20.5 Å². The minimum atomic E-state index is -4.43. The quantitative estimate of drug-likeness (QED) is 0.745. The number of pyridine rings is 1. The summed E-state index contributed by atoms with van der Waals surface area (Å²) in [5.41, 5.74) is -0.812. The van der Waals surface area contributed by atoms with E-state index in [1.807, 2.05) is 0 Å². The van der Waals surface area contributed by atoms with Gasteiger partial charge in [-0.3, -0.25) is 4.79 Å². The first-order chi connectivity index (χ1) is 12.3. The molecule has 0 radical (unpaired) electrons. The van der Waals surface area contributed by atoms with E-state index in [4.69, 9.17) is 5.11 Å². The average Bonchev–Trinajstić information content (AvgIpc) is 2.64. The number of carbonyl (C=O) groups excluding carboxylic acids is 2. The van der Waals surface area contributed by atoms with Crippen LogP contribution in [0.1, 0.15) is 18.4 Å². The predicted octanol–water partition coefficient (Wildman–Crippen LogP) is 0.967. The van der Waals surface area contributed by atoms with Crippen LogP contribution in [0.2, 0.25) is 0 Å². The number of ether oxygens (including phenoxy) is 1. The number of aromatic nitrogens is 1. The molecule has 0 saturated carbocycles. The molecule has 1 fully saturated rings. The number of nitrogens with zero attached hydrogens (tertiary/aromatic N) is 2. The first-order valence-corrected chi connectivity index (χ1v) is 8.03. The summed E-state index contributed by atoms with van der Waals surface area (Å²) in [7, 11) is 1.16. The van der Waals surface area contributed by atoms with E-state index >= 15 is 0 Å². The maximum absolute atomic E-state index is 12.6. The molecule has 0 spiro atoms. The number of piperidine rings is 1. The van der Waals surface area contributed by atoms with Crippen molar-refractivity contribution in [2.24, 2.45) is 5.92 Å². The largest absolute Gasteiger partial charge is 0.467 e. The molecule has 2 N–H and O–H groups in total. The number of aliphatic hydroxyl groups is 1. The van der Waals surface area contributed by atoms with E-state index in [1.54, 1.807) is 4.90 Å². The van der Waals surface area contributed by atoms with Crippen LogP contribution < -0.4 is 10.2 Å². The van der Waals surface area contributed by atoms with Crippen molar-refractivity contribution in [1.82, 2.24) is 10.3 Å². The molecule has 0 aromatic carbocycles. The SMILES string of the molecule is COC(=O)[C@@H](CO)NC(=O)C1CCN(c2ccc(C(F)(F)F)cn2)CC1. The standard InChI is InChI=1S/C16H20F3N3O4/c1-26-15(25)12(9-23)21-14(24)10-4-6-22(7-5-10)13-3-2-11(8-20-13)16(17,18)19/h2-3,8,10,12,23H,4-7,9H2,1H3,(H,21,24)/t12-/m1/s1. The Hall–Kier alpha value is -2.36. The molecule has 7 nitrogen and oxygen atoms in total. The highest BCUT2D eigenvalue weighted by molar-refractivity contribution is 5.86. The third-order valence-corrected chi connectivity index (χ3v) is 4.25. The Kier molecular flexibility index (Phi) is 6.41. The van der Waals surface area contributed by atoms with Crippen LogP contribution in [-0.4, -0.2) is 54.8 Å². The van der Waals surface area contributed by atoms with Crippen LogP contribution in [0, 0.1) is 5.92 Å². The number of esters is 1. The summed E-state index contributed by atoms with van der Waals surface area (Å²) in [6.45, 7) is 0.323. The zero-order chi connectivity index (χ0) is 19.3.